The third kappa shape index (κ3) is 4.57. The van der Waals surface area contributed by atoms with Gasteiger partial charge in [-0.25, -0.2) is 0 Å². The van der Waals surface area contributed by atoms with Gasteiger partial charge in [0.25, 0.3) is 0 Å². The van der Waals surface area contributed by atoms with E-state index in [0.29, 0.717) is 11.4 Å². The highest BCUT2D eigenvalue weighted by atomic mass is 79.9. The lowest BCUT2D eigenvalue weighted by molar-refractivity contribution is 0.157. The number of benzene rings is 1. The summed E-state index contributed by atoms with van der Waals surface area (Å²) >= 11 is 9.60. The second-order valence-corrected chi connectivity index (χ2v) is 5.74. The summed E-state index contributed by atoms with van der Waals surface area (Å²) in [6.45, 7) is 3.50. The lowest BCUT2D eigenvalue weighted by atomic mass is 10.0. The summed E-state index contributed by atoms with van der Waals surface area (Å²) in [5.41, 5.74) is 1.09. The average molecular weight is 372 g/mol. The maximum absolute atomic E-state index is 12.8. The first kappa shape index (κ1) is 17.2. The quantitative estimate of drug-likeness (QED) is 0.865. The molecule has 1 aliphatic rings. The van der Waals surface area contributed by atoms with Crippen LogP contribution in [0.1, 0.15) is 18.0 Å². The number of nitrogens with one attached hydrogen (secondary N) is 1. The van der Waals surface area contributed by atoms with Gasteiger partial charge >= 0.3 is 0 Å². The lowest BCUT2D eigenvalue weighted by Crippen LogP contribution is -2.45. The van der Waals surface area contributed by atoms with Crippen LogP contribution in [-0.4, -0.2) is 37.8 Å². The van der Waals surface area contributed by atoms with Crippen molar-refractivity contribution in [2.45, 2.75) is 12.5 Å². The van der Waals surface area contributed by atoms with Crippen LogP contribution in [0.25, 0.3) is 0 Å². The number of rotatable bonds is 4. The van der Waals surface area contributed by atoms with Crippen molar-refractivity contribution in [1.82, 2.24) is 10.2 Å². The molecule has 0 saturated carbocycles. The summed E-state index contributed by atoms with van der Waals surface area (Å²) in [7, 11) is 0. The Balaban J connectivity index is 0.00000180. The zero-order chi connectivity index (χ0) is 13.0. The third-order valence-corrected chi connectivity index (χ3v) is 4.25. The molecule has 0 aliphatic carbocycles. The van der Waals surface area contributed by atoms with Crippen LogP contribution >= 0.6 is 39.9 Å². The Morgan fingerprint density at radius 1 is 1.37 bits per heavy atom. The van der Waals surface area contributed by atoms with Crippen LogP contribution in [0.5, 0.6) is 0 Å². The first-order chi connectivity index (χ1) is 8.72. The monoisotopic (exact) mass is 370 g/mol. The van der Waals surface area contributed by atoms with Gasteiger partial charge in [-0.05, 0) is 30.2 Å². The average Bonchev–Trinajstić information content (AvgIpc) is 2.40. The summed E-state index contributed by atoms with van der Waals surface area (Å²) in [5.74, 6) is 0. The Labute approximate surface area is 133 Å². The van der Waals surface area contributed by atoms with Crippen LogP contribution in [-0.2, 0) is 0 Å². The van der Waals surface area contributed by atoms with E-state index in [9.17, 15) is 4.39 Å². The Hall–Kier alpha value is 0.130. The van der Waals surface area contributed by atoms with E-state index >= 15 is 0 Å². The molecule has 1 aromatic carbocycles. The number of hydrogen-bond donors (Lipinski definition) is 1. The van der Waals surface area contributed by atoms with Crippen LogP contribution in [0.3, 0.4) is 0 Å². The number of piperazine rings is 1. The Morgan fingerprint density at radius 3 is 2.68 bits per heavy atom. The molecule has 0 unspecified atom stereocenters. The van der Waals surface area contributed by atoms with Gasteiger partial charge in [-0.1, -0.05) is 27.5 Å². The Bertz CT molecular complexity index is 400. The molecule has 1 saturated heterocycles. The van der Waals surface area contributed by atoms with Crippen molar-refractivity contribution < 1.29 is 4.39 Å². The van der Waals surface area contributed by atoms with Crippen LogP contribution in [0.15, 0.2) is 22.7 Å². The molecule has 1 heterocycles. The summed E-state index contributed by atoms with van der Waals surface area (Å²) in [4.78, 5) is 2.33. The van der Waals surface area contributed by atoms with Gasteiger partial charge in [0.15, 0.2) is 0 Å². The van der Waals surface area contributed by atoms with Crippen molar-refractivity contribution >= 4 is 39.9 Å². The number of nitrogens with zero attached hydrogens (tertiary/aromatic N) is 1. The highest BCUT2D eigenvalue weighted by Gasteiger charge is 2.23. The van der Waals surface area contributed by atoms with Crippen LogP contribution < -0.4 is 5.32 Å². The molecule has 1 aliphatic heterocycles. The van der Waals surface area contributed by atoms with E-state index in [4.69, 9.17) is 11.6 Å². The molecule has 0 bridgehead atoms. The van der Waals surface area contributed by atoms with Crippen molar-refractivity contribution in [2.24, 2.45) is 0 Å². The zero-order valence-electron chi connectivity index (χ0n) is 10.5. The zero-order valence-corrected chi connectivity index (χ0v) is 13.7. The predicted octanol–water partition coefficient (Wildman–Crippen LogP) is 3.83. The molecular weight excluding hydrogens is 354 g/mol. The minimum absolute atomic E-state index is 0. The van der Waals surface area contributed by atoms with Gasteiger partial charge < -0.3 is 5.32 Å². The normalized spacial score (nSPS) is 17.8. The highest BCUT2D eigenvalue weighted by molar-refractivity contribution is 9.10. The molecule has 0 aromatic heterocycles. The van der Waals surface area contributed by atoms with Crippen molar-refractivity contribution in [3.05, 3.63) is 33.3 Å². The molecule has 6 heteroatoms. The van der Waals surface area contributed by atoms with Crippen LogP contribution in [0.4, 0.5) is 4.39 Å². The number of halogens is 4. The largest absolute Gasteiger partial charge is 0.314 e. The van der Waals surface area contributed by atoms with E-state index in [0.717, 1.165) is 36.2 Å². The maximum Gasteiger partial charge on any atom is 0.0912 e. The van der Waals surface area contributed by atoms with Crippen molar-refractivity contribution in [3.8, 4) is 0 Å². The van der Waals surface area contributed by atoms with Crippen molar-refractivity contribution in [3.63, 3.8) is 0 Å². The van der Waals surface area contributed by atoms with Crippen molar-refractivity contribution in [2.75, 3.05) is 32.9 Å². The first-order valence-electron chi connectivity index (χ1n) is 6.18. The molecule has 108 valence electrons. The summed E-state index contributed by atoms with van der Waals surface area (Å²) in [6, 6.07) is 5.82. The standard InChI is InChI=1S/C13H17BrClFN2.ClH/c14-12-2-1-10(15)9-11(12)13(3-4-16)18-7-5-17-6-8-18;/h1-2,9,13,17H,3-8H2;1H/t13-;/m1./s1. The van der Waals surface area contributed by atoms with Gasteiger partial charge in [0.2, 0.25) is 0 Å². The molecule has 2 nitrogen and oxygen atoms in total. The topological polar surface area (TPSA) is 15.3 Å². The molecule has 0 radical (unpaired) electrons. The van der Waals surface area contributed by atoms with E-state index in [1.54, 1.807) is 0 Å². The molecule has 1 fully saturated rings. The molecular formula is C13H18BrCl2FN2. The summed E-state index contributed by atoms with van der Waals surface area (Å²) in [5, 5.41) is 4.02. The van der Waals surface area contributed by atoms with Crippen LogP contribution in [0, 0.1) is 0 Å². The van der Waals surface area contributed by atoms with E-state index in [1.807, 2.05) is 18.2 Å². The van der Waals surface area contributed by atoms with E-state index in [-0.39, 0.29) is 25.1 Å². The predicted molar refractivity (Wildman–Crippen MR) is 84.2 cm³/mol. The fourth-order valence-corrected chi connectivity index (χ4v) is 3.09. The number of alkyl halides is 1. The summed E-state index contributed by atoms with van der Waals surface area (Å²) in [6.07, 6.45) is 0.513. The molecule has 1 aromatic rings. The van der Waals surface area contributed by atoms with Gasteiger partial charge in [0, 0.05) is 41.7 Å². The smallest absolute Gasteiger partial charge is 0.0912 e. The molecule has 0 amide bonds. The number of hydrogen-bond acceptors (Lipinski definition) is 2. The second kappa shape index (κ2) is 8.42. The molecule has 0 spiro atoms. The fourth-order valence-electron chi connectivity index (χ4n) is 2.40. The van der Waals surface area contributed by atoms with E-state index in [1.165, 1.54) is 0 Å². The van der Waals surface area contributed by atoms with E-state index in [2.05, 4.69) is 26.1 Å². The van der Waals surface area contributed by atoms with Crippen molar-refractivity contribution in [1.29, 1.82) is 0 Å². The lowest BCUT2D eigenvalue weighted by Gasteiger charge is -2.35. The second-order valence-electron chi connectivity index (χ2n) is 4.45. The maximum atomic E-state index is 12.8. The SMILES string of the molecule is Cl.FCC[C@H](c1cc(Cl)ccc1Br)N1CCNCC1. The Kier molecular flexibility index (Phi) is 7.62. The third-order valence-electron chi connectivity index (χ3n) is 3.29. The fraction of sp³-hybridized carbons (Fsp3) is 0.538. The first-order valence-corrected chi connectivity index (χ1v) is 7.35. The van der Waals surface area contributed by atoms with Crippen LogP contribution in [0.2, 0.25) is 5.02 Å². The van der Waals surface area contributed by atoms with Gasteiger partial charge in [-0.2, -0.15) is 0 Å². The molecule has 1 atom stereocenters. The Morgan fingerprint density at radius 2 is 2.05 bits per heavy atom. The molecule has 2 rings (SSSR count). The highest BCUT2D eigenvalue weighted by Crippen LogP contribution is 2.32. The van der Waals surface area contributed by atoms with Gasteiger partial charge in [-0.15, -0.1) is 12.4 Å². The summed E-state index contributed by atoms with van der Waals surface area (Å²) < 4.78 is 13.8. The van der Waals surface area contributed by atoms with E-state index < -0.39 is 0 Å². The minimum atomic E-state index is -0.312. The molecule has 1 N–H and O–H groups in total. The molecule has 19 heavy (non-hydrogen) atoms. The van der Waals surface area contributed by atoms with Gasteiger partial charge in [0.1, 0.15) is 0 Å². The van der Waals surface area contributed by atoms with Gasteiger partial charge in [0.05, 0.1) is 6.67 Å². The minimum Gasteiger partial charge on any atom is -0.314 e. The van der Waals surface area contributed by atoms with Gasteiger partial charge in [-0.3, -0.25) is 9.29 Å².